The van der Waals surface area contributed by atoms with Crippen LogP contribution in [0.2, 0.25) is 0 Å². The fourth-order valence-electron chi connectivity index (χ4n) is 1.50. The molecular formula is C9H10N6O4. The van der Waals surface area contributed by atoms with Gasteiger partial charge in [0.15, 0.2) is 5.82 Å². The van der Waals surface area contributed by atoms with Crippen molar-refractivity contribution >= 4 is 5.97 Å². The van der Waals surface area contributed by atoms with Crippen molar-refractivity contribution in [2.45, 2.75) is 6.54 Å². The van der Waals surface area contributed by atoms with Crippen molar-refractivity contribution in [1.29, 1.82) is 0 Å². The molecule has 0 aliphatic carbocycles. The van der Waals surface area contributed by atoms with Gasteiger partial charge in [0, 0.05) is 14.1 Å². The van der Waals surface area contributed by atoms with E-state index in [-0.39, 0.29) is 12.4 Å². The molecule has 0 saturated carbocycles. The van der Waals surface area contributed by atoms with Crippen molar-refractivity contribution in [3.8, 4) is 0 Å². The molecule has 100 valence electrons. The fourth-order valence-corrected chi connectivity index (χ4v) is 1.50. The van der Waals surface area contributed by atoms with Crippen LogP contribution in [0, 0.1) is 0 Å². The Morgan fingerprint density at radius 2 is 2.00 bits per heavy atom. The average molecular weight is 266 g/mol. The van der Waals surface area contributed by atoms with E-state index in [2.05, 4.69) is 15.2 Å². The highest BCUT2D eigenvalue weighted by Gasteiger charge is 2.18. The van der Waals surface area contributed by atoms with E-state index < -0.39 is 22.9 Å². The van der Waals surface area contributed by atoms with Gasteiger partial charge < -0.3 is 5.11 Å². The standard InChI is InChI=1S/C9H10N6O4/c1-13-4-10-5(11-13)3-15-7(16)6(8(17)18)12-14(2)9(15)19/h4H,3H2,1-2H3,(H,17,18). The Bertz CT molecular complexity index is 755. The Balaban J connectivity index is 2.59. The first-order chi connectivity index (χ1) is 8.90. The lowest BCUT2D eigenvalue weighted by molar-refractivity contribution is 0.0683. The largest absolute Gasteiger partial charge is 0.476 e. The Labute approximate surface area is 105 Å². The molecule has 2 rings (SSSR count). The summed E-state index contributed by atoms with van der Waals surface area (Å²) in [5.74, 6) is -1.27. The van der Waals surface area contributed by atoms with Crippen molar-refractivity contribution in [1.82, 2.24) is 29.1 Å². The molecule has 19 heavy (non-hydrogen) atoms. The molecule has 0 aromatic carbocycles. The molecule has 0 bridgehead atoms. The average Bonchev–Trinajstić information content (AvgIpc) is 2.74. The molecule has 10 nitrogen and oxygen atoms in total. The zero-order valence-corrected chi connectivity index (χ0v) is 10.1. The van der Waals surface area contributed by atoms with Crippen LogP contribution in [0.5, 0.6) is 0 Å². The number of hydrogen-bond acceptors (Lipinski definition) is 6. The quantitative estimate of drug-likeness (QED) is 0.669. The summed E-state index contributed by atoms with van der Waals surface area (Å²) in [7, 11) is 2.89. The molecule has 0 fully saturated rings. The van der Waals surface area contributed by atoms with Gasteiger partial charge in [0.2, 0.25) is 5.69 Å². The molecule has 0 unspecified atom stereocenters. The zero-order chi connectivity index (χ0) is 14.2. The molecule has 0 saturated heterocycles. The summed E-state index contributed by atoms with van der Waals surface area (Å²) in [6.07, 6.45) is 1.41. The third-order valence-corrected chi connectivity index (χ3v) is 2.35. The number of nitrogens with zero attached hydrogens (tertiary/aromatic N) is 6. The highest BCUT2D eigenvalue weighted by Crippen LogP contribution is 1.90. The second kappa shape index (κ2) is 4.48. The lowest BCUT2D eigenvalue weighted by Crippen LogP contribution is -2.44. The molecule has 0 aliphatic heterocycles. The lowest BCUT2D eigenvalue weighted by atomic mass is 10.4. The highest BCUT2D eigenvalue weighted by atomic mass is 16.4. The van der Waals surface area contributed by atoms with Crippen LogP contribution in [0.15, 0.2) is 15.9 Å². The van der Waals surface area contributed by atoms with Crippen LogP contribution in [-0.4, -0.2) is 40.2 Å². The van der Waals surface area contributed by atoms with E-state index in [1.54, 1.807) is 7.05 Å². The van der Waals surface area contributed by atoms with Gasteiger partial charge in [0.1, 0.15) is 6.33 Å². The third kappa shape index (κ3) is 2.27. The molecule has 0 atom stereocenters. The summed E-state index contributed by atoms with van der Waals surface area (Å²) >= 11 is 0. The summed E-state index contributed by atoms with van der Waals surface area (Å²) in [4.78, 5) is 38.4. The van der Waals surface area contributed by atoms with Crippen molar-refractivity contribution in [2.75, 3.05) is 0 Å². The first-order valence-corrected chi connectivity index (χ1v) is 5.16. The summed E-state index contributed by atoms with van der Waals surface area (Å²) in [5.41, 5.74) is -2.44. The number of aromatic carboxylic acids is 1. The summed E-state index contributed by atoms with van der Waals surface area (Å²) in [6.45, 7) is -0.213. The van der Waals surface area contributed by atoms with Crippen molar-refractivity contribution in [3.05, 3.63) is 38.7 Å². The minimum atomic E-state index is -1.50. The molecule has 0 radical (unpaired) electrons. The van der Waals surface area contributed by atoms with Gasteiger partial charge in [-0.3, -0.25) is 9.48 Å². The Hall–Kier alpha value is -2.78. The van der Waals surface area contributed by atoms with Crippen LogP contribution < -0.4 is 11.2 Å². The first kappa shape index (κ1) is 12.7. The first-order valence-electron chi connectivity index (χ1n) is 5.16. The zero-order valence-electron chi connectivity index (χ0n) is 10.1. The minimum absolute atomic E-state index is 0.213. The summed E-state index contributed by atoms with van der Waals surface area (Å²) < 4.78 is 2.92. The van der Waals surface area contributed by atoms with Gasteiger partial charge in [-0.2, -0.15) is 10.2 Å². The highest BCUT2D eigenvalue weighted by molar-refractivity contribution is 5.84. The number of carboxylic acid groups (broad SMARTS) is 1. The van der Waals surface area contributed by atoms with E-state index in [0.717, 1.165) is 9.25 Å². The maximum absolute atomic E-state index is 11.8. The molecule has 0 spiro atoms. The molecular weight excluding hydrogens is 256 g/mol. The van der Waals surface area contributed by atoms with E-state index in [1.165, 1.54) is 18.1 Å². The molecule has 10 heteroatoms. The fraction of sp³-hybridized carbons (Fsp3) is 0.333. The summed E-state index contributed by atoms with van der Waals surface area (Å²) in [5, 5.41) is 16.2. The summed E-state index contributed by atoms with van der Waals surface area (Å²) in [6, 6.07) is 0. The molecule has 2 aromatic rings. The van der Waals surface area contributed by atoms with Crippen LogP contribution in [0.4, 0.5) is 0 Å². The second-order valence-electron chi connectivity index (χ2n) is 3.79. The normalized spacial score (nSPS) is 10.6. The Morgan fingerprint density at radius 3 is 2.53 bits per heavy atom. The number of aromatic nitrogens is 6. The molecule has 0 amide bonds. The monoisotopic (exact) mass is 266 g/mol. The van der Waals surface area contributed by atoms with Crippen LogP contribution in [0.3, 0.4) is 0 Å². The maximum Gasteiger partial charge on any atom is 0.362 e. The predicted molar refractivity (Wildman–Crippen MR) is 60.8 cm³/mol. The minimum Gasteiger partial charge on any atom is -0.476 e. The van der Waals surface area contributed by atoms with Gasteiger partial charge in [-0.25, -0.2) is 23.8 Å². The van der Waals surface area contributed by atoms with E-state index in [1.807, 2.05) is 0 Å². The van der Waals surface area contributed by atoms with Crippen LogP contribution in [-0.2, 0) is 20.6 Å². The van der Waals surface area contributed by atoms with E-state index in [4.69, 9.17) is 5.11 Å². The van der Waals surface area contributed by atoms with Crippen molar-refractivity contribution in [2.24, 2.45) is 14.1 Å². The van der Waals surface area contributed by atoms with Crippen molar-refractivity contribution < 1.29 is 9.90 Å². The van der Waals surface area contributed by atoms with Gasteiger partial charge in [-0.1, -0.05) is 0 Å². The van der Waals surface area contributed by atoms with E-state index in [9.17, 15) is 14.4 Å². The molecule has 0 aliphatic rings. The van der Waals surface area contributed by atoms with Gasteiger partial charge in [0.05, 0.1) is 6.54 Å². The van der Waals surface area contributed by atoms with Crippen LogP contribution in [0.25, 0.3) is 0 Å². The van der Waals surface area contributed by atoms with Gasteiger partial charge >= 0.3 is 11.7 Å². The Morgan fingerprint density at radius 1 is 1.32 bits per heavy atom. The van der Waals surface area contributed by atoms with Crippen LogP contribution in [0.1, 0.15) is 16.3 Å². The predicted octanol–water partition coefficient (Wildman–Crippen LogP) is -2.18. The van der Waals surface area contributed by atoms with E-state index in [0.29, 0.717) is 0 Å². The molecule has 2 heterocycles. The topological polar surface area (TPSA) is 125 Å². The third-order valence-electron chi connectivity index (χ3n) is 2.35. The smallest absolute Gasteiger partial charge is 0.362 e. The number of rotatable bonds is 3. The Kier molecular flexibility index (Phi) is 2.99. The number of hydrogen-bond donors (Lipinski definition) is 1. The van der Waals surface area contributed by atoms with Gasteiger partial charge in [-0.05, 0) is 0 Å². The second-order valence-corrected chi connectivity index (χ2v) is 3.79. The SMILES string of the molecule is Cn1cnc(Cn2c(=O)c(C(=O)O)nn(C)c2=O)n1. The lowest BCUT2D eigenvalue weighted by Gasteiger charge is -2.05. The molecule has 1 N–H and O–H groups in total. The van der Waals surface area contributed by atoms with Gasteiger partial charge in [0.25, 0.3) is 5.56 Å². The number of aryl methyl sites for hydroxylation is 2. The van der Waals surface area contributed by atoms with Crippen molar-refractivity contribution in [3.63, 3.8) is 0 Å². The number of carboxylic acids is 1. The van der Waals surface area contributed by atoms with E-state index >= 15 is 0 Å². The molecule has 2 aromatic heterocycles. The van der Waals surface area contributed by atoms with Crippen LogP contribution >= 0.6 is 0 Å². The van der Waals surface area contributed by atoms with Gasteiger partial charge in [-0.15, -0.1) is 0 Å². The number of carbonyl (C=O) groups is 1. The maximum atomic E-state index is 11.8.